The van der Waals surface area contributed by atoms with Crippen molar-refractivity contribution in [1.82, 2.24) is 44.0 Å². The first-order valence-electron chi connectivity index (χ1n) is 14.7. The molecular formula is C30H37FN10O. The van der Waals surface area contributed by atoms with E-state index in [4.69, 9.17) is 4.98 Å². The smallest absolute Gasteiger partial charge is 0.273 e. The number of likely N-dealkylation sites (N-methyl/N-ethyl adjacent to an activating group) is 1. The molecule has 0 spiro atoms. The van der Waals surface area contributed by atoms with E-state index in [1.807, 2.05) is 20.0 Å². The number of halogens is 1. The highest BCUT2D eigenvalue weighted by atomic mass is 19.1. The summed E-state index contributed by atoms with van der Waals surface area (Å²) < 4.78 is 20.0. The van der Waals surface area contributed by atoms with E-state index in [2.05, 4.69) is 54.1 Å². The molecule has 1 aliphatic carbocycles. The van der Waals surface area contributed by atoms with Crippen molar-refractivity contribution in [2.24, 2.45) is 0 Å². The van der Waals surface area contributed by atoms with Crippen LogP contribution in [0.2, 0.25) is 0 Å². The number of amides is 1. The van der Waals surface area contributed by atoms with Crippen molar-refractivity contribution in [1.29, 1.82) is 0 Å². The summed E-state index contributed by atoms with van der Waals surface area (Å²) in [7, 11) is 2.16. The number of imidazole rings is 2. The lowest BCUT2D eigenvalue weighted by atomic mass is 10.1. The predicted molar refractivity (Wildman–Crippen MR) is 158 cm³/mol. The fraction of sp³-hybridized carbons (Fsp3) is 0.433. The molecule has 1 amide bonds. The Morgan fingerprint density at radius 2 is 1.88 bits per heavy atom. The second kappa shape index (κ2) is 11.5. The molecule has 1 N–H and O–H groups in total. The van der Waals surface area contributed by atoms with E-state index in [1.54, 1.807) is 34.5 Å². The molecule has 0 radical (unpaired) electrons. The van der Waals surface area contributed by atoms with Gasteiger partial charge in [0, 0.05) is 44.8 Å². The van der Waals surface area contributed by atoms with Gasteiger partial charge < -0.3 is 23.9 Å². The summed E-state index contributed by atoms with van der Waals surface area (Å²) in [6.07, 6.45) is 11.6. The second-order valence-corrected chi connectivity index (χ2v) is 10.9. The largest absolute Gasteiger partial charge is 0.366 e. The minimum Gasteiger partial charge on any atom is -0.366 e. The number of hydrogen-bond donors (Lipinski definition) is 1. The Labute approximate surface area is 244 Å². The number of rotatable bonds is 7. The average molecular weight is 573 g/mol. The number of carbonyl (C=O) groups is 1. The fourth-order valence-corrected chi connectivity index (χ4v) is 5.38. The van der Waals surface area contributed by atoms with Crippen LogP contribution < -0.4 is 10.2 Å². The van der Waals surface area contributed by atoms with Gasteiger partial charge in [-0.3, -0.25) is 4.79 Å². The van der Waals surface area contributed by atoms with Crippen LogP contribution in [0.4, 0.5) is 10.1 Å². The predicted octanol–water partition coefficient (Wildman–Crippen LogP) is 3.65. The number of hydrogen-bond acceptors (Lipinski definition) is 7. The number of pyridine rings is 2. The lowest BCUT2D eigenvalue weighted by Crippen LogP contribution is -2.44. The molecule has 0 atom stereocenters. The zero-order valence-electron chi connectivity index (χ0n) is 24.6. The lowest BCUT2D eigenvalue weighted by molar-refractivity contribution is 0.0945. The second-order valence-electron chi connectivity index (χ2n) is 10.9. The molecule has 220 valence electrons. The molecule has 5 aromatic heterocycles. The Morgan fingerprint density at radius 3 is 2.64 bits per heavy atom. The number of nitrogens with one attached hydrogen (secondary N) is 1. The molecule has 0 unspecified atom stereocenters. The van der Waals surface area contributed by atoms with Gasteiger partial charge in [-0.2, -0.15) is 0 Å². The van der Waals surface area contributed by atoms with Gasteiger partial charge in [0.15, 0.2) is 17.2 Å². The Hall–Kier alpha value is -4.32. The van der Waals surface area contributed by atoms with E-state index in [-0.39, 0.29) is 18.1 Å². The van der Waals surface area contributed by atoms with E-state index in [9.17, 15) is 9.18 Å². The van der Waals surface area contributed by atoms with Crippen molar-refractivity contribution >= 4 is 22.8 Å². The average Bonchev–Trinajstić information content (AvgIpc) is 3.40. The SMILES string of the molecule is CC.Cc1ccn2cnc(CNC(=O)c3cn(Cc4cn5cc(C6CC6)cc(N6CCN(C)CC6)c5n4)nn3)c2c1F. The minimum atomic E-state index is -0.401. The van der Waals surface area contributed by atoms with Gasteiger partial charge in [-0.05, 0) is 56.0 Å². The molecule has 1 saturated carbocycles. The number of aryl methyl sites for hydroxylation is 1. The van der Waals surface area contributed by atoms with Crippen LogP contribution in [-0.4, -0.2) is 77.8 Å². The van der Waals surface area contributed by atoms with Gasteiger partial charge in [0.25, 0.3) is 5.91 Å². The molecule has 11 nitrogen and oxygen atoms in total. The minimum absolute atomic E-state index is 0.0768. The highest BCUT2D eigenvalue weighted by Crippen LogP contribution is 2.42. The van der Waals surface area contributed by atoms with Crippen LogP contribution in [0, 0.1) is 12.7 Å². The van der Waals surface area contributed by atoms with Crippen LogP contribution in [-0.2, 0) is 13.1 Å². The molecule has 1 saturated heterocycles. The highest BCUT2D eigenvalue weighted by Gasteiger charge is 2.27. The molecule has 5 aromatic rings. The van der Waals surface area contributed by atoms with Crippen molar-refractivity contribution in [2.45, 2.75) is 52.6 Å². The topological polar surface area (TPSA) is 101 Å². The Bertz CT molecular complexity index is 1720. The van der Waals surface area contributed by atoms with Crippen molar-refractivity contribution in [3.05, 3.63) is 77.3 Å². The van der Waals surface area contributed by atoms with Crippen LogP contribution in [0.25, 0.3) is 11.2 Å². The van der Waals surface area contributed by atoms with Gasteiger partial charge in [-0.25, -0.2) is 19.0 Å². The summed E-state index contributed by atoms with van der Waals surface area (Å²) in [6, 6.07) is 4.01. The molecular weight excluding hydrogens is 535 g/mol. The molecule has 2 aliphatic rings. The first-order valence-corrected chi connectivity index (χ1v) is 14.7. The summed E-state index contributed by atoms with van der Waals surface area (Å²) in [6.45, 7) is 10.2. The summed E-state index contributed by atoms with van der Waals surface area (Å²) in [5, 5.41) is 11.0. The van der Waals surface area contributed by atoms with Gasteiger partial charge in [0.1, 0.15) is 5.52 Å². The normalized spacial score (nSPS) is 15.7. The zero-order chi connectivity index (χ0) is 29.4. The van der Waals surface area contributed by atoms with Crippen molar-refractivity contribution in [2.75, 3.05) is 38.1 Å². The number of carbonyl (C=O) groups excluding carboxylic acids is 1. The van der Waals surface area contributed by atoms with E-state index < -0.39 is 5.91 Å². The first kappa shape index (κ1) is 27.8. The van der Waals surface area contributed by atoms with E-state index in [0.717, 1.165) is 37.5 Å². The van der Waals surface area contributed by atoms with Gasteiger partial charge in [0.2, 0.25) is 0 Å². The van der Waals surface area contributed by atoms with Crippen molar-refractivity contribution in [3.63, 3.8) is 0 Å². The van der Waals surface area contributed by atoms with Crippen molar-refractivity contribution < 1.29 is 9.18 Å². The number of fused-ring (bicyclic) bond motifs is 2. The van der Waals surface area contributed by atoms with Crippen LogP contribution >= 0.6 is 0 Å². The maximum Gasteiger partial charge on any atom is 0.273 e. The lowest BCUT2D eigenvalue weighted by Gasteiger charge is -2.34. The third-order valence-corrected chi connectivity index (χ3v) is 7.92. The monoisotopic (exact) mass is 572 g/mol. The third-order valence-electron chi connectivity index (χ3n) is 7.92. The van der Waals surface area contributed by atoms with Gasteiger partial charge in [0.05, 0.1) is 42.7 Å². The van der Waals surface area contributed by atoms with Crippen molar-refractivity contribution in [3.8, 4) is 0 Å². The van der Waals surface area contributed by atoms with E-state index in [1.165, 1.54) is 30.4 Å². The molecule has 42 heavy (non-hydrogen) atoms. The number of piperazine rings is 1. The zero-order valence-corrected chi connectivity index (χ0v) is 24.6. The summed E-state index contributed by atoms with van der Waals surface area (Å²) in [5.74, 6) is -0.108. The standard InChI is InChI=1S/C28H31FN10O.C2H6/c1-18-5-6-37-17-31-22(26(37)25(18)29)12-30-28(40)23-16-39(34-33-23)15-21-14-38-13-20(19-3-4-19)11-24(27(38)32-21)36-9-7-35(2)8-10-36;1-2/h5-6,11,13-14,16-17,19H,3-4,7-10,12,15H2,1-2H3,(H,30,40);1-2H3. The first-order chi connectivity index (χ1) is 20.4. The van der Waals surface area contributed by atoms with E-state index in [0.29, 0.717) is 29.2 Å². The maximum absolute atomic E-state index is 14.6. The van der Waals surface area contributed by atoms with Gasteiger partial charge in [-0.15, -0.1) is 5.10 Å². The maximum atomic E-state index is 14.6. The van der Waals surface area contributed by atoms with Crippen LogP contribution in [0.1, 0.15) is 65.6 Å². The molecule has 2 fully saturated rings. The molecule has 12 heteroatoms. The number of anilines is 1. The highest BCUT2D eigenvalue weighted by molar-refractivity contribution is 5.91. The Balaban J connectivity index is 0.00000155. The summed E-state index contributed by atoms with van der Waals surface area (Å²) >= 11 is 0. The molecule has 0 aromatic carbocycles. The number of nitrogens with zero attached hydrogens (tertiary/aromatic N) is 9. The molecule has 0 bridgehead atoms. The summed E-state index contributed by atoms with van der Waals surface area (Å²) in [4.78, 5) is 26.8. The molecule has 6 heterocycles. The quantitative estimate of drug-likeness (QED) is 0.318. The molecule has 7 rings (SSSR count). The van der Waals surface area contributed by atoms with Crippen LogP contribution in [0.3, 0.4) is 0 Å². The van der Waals surface area contributed by atoms with Crippen LogP contribution in [0.5, 0.6) is 0 Å². The van der Waals surface area contributed by atoms with Gasteiger partial charge >= 0.3 is 0 Å². The third kappa shape index (κ3) is 5.46. The van der Waals surface area contributed by atoms with E-state index >= 15 is 0 Å². The van der Waals surface area contributed by atoms with Gasteiger partial charge in [-0.1, -0.05) is 19.1 Å². The fourth-order valence-electron chi connectivity index (χ4n) is 5.38. The summed E-state index contributed by atoms with van der Waals surface area (Å²) in [5.41, 5.74) is 5.84. The number of aromatic nitrogens is 7. The molecule has 1 aliphatic heterocycles. The van der Waals surface area contributed by atoms with Crippen LogP contribution in [0.15, 0.2) is 43.2 Å². The Kier molecular flexibility index (Phi) is 7.63. The Morgan fingerprint density at radius 1 is 1.10 bits per heavy atom.